The van der Waals surface area contributed by atoms with Crippen LogP contribution in [0.3, 0.4) is 0 Å². The SMILES string of the molecule is O=C(O)CC1(CN2CCCOc3ccccc32)CC1. The number of carboxylic acids is 1. The molecule has 1 N–H and O–H groups in total. The summed E-state index contributed by atoms with van der Waals surface area (Å²) in [5.74, 6) is 0.239. The van der Waals surface area contributed by atoms with Gasteiger partial charge in [0.15, 0.2) is 0 Å². The molecule has 0 amide bonds. The van der Waals surface area contributed by atoms with Crippen LogP contribution in [0.4, 0.5) is 5.69 Å². The van der Waals surface area contributed by atoms with Crippen molar-refractivity contribution in [3.63, 3.8) is 0 Å². The van der Waals surface area contributed by atoms with E-state index in [1.165, 1.54) is 0 Å². The molecule has 2 aliphatic rings. The average molecular weight is 261 g/mol. The highest BCUT2D eigenvalue weighted by atomic mass is 16.5. The number of carboxylic acid groups (broad SMARTS) is 1. The number of carbonyl (C=O) groups is 1. The maximum Gasteiger partial charge on any atom is 0.303 e. The second kappa shape index (κ2) is 4.76. The molecule has 1 saturated carbocycles. The number of aliphatic carboxylic acids is 1. The van der Waals surface area contributed by atoms with Gasteiger partial charge in [-0.05, 0) is 36.8 Å². The van der Waals surface area contributed by atoms with Crippen molar-refractivity contribution >= 4 is 11.7 Å². The van der Waals surface area contributed by atoms with Crippen LogP contribution >= 0.6 is 0 Å². The van der Waals surface area contributed by atoms with Crippen LogP contribution in [0.25, 0.3) is 0 Å². The third kappa shape index (κ3) is 2.67. The lowest BCUT2D eigenvalue weighted by atomic mass is 10.0. The van der Waals surface area contributed by atoms with Crippen molar-refractivity contribution in [1.29, 1.82) is 0 Å². The van der Waals surface area contributed by atoms with Gasteiger partial charge in [-0.25, -0.2) is 0 Å². The van der Waals surface area contributed by atoms with Gasteiger partial charge in [0.2, 0.25) is 0 Å². The number of ether oxygens (including phenoxy) is 1. The molecule has 4 nitrogen and oxygen atoms in total. The number of benzene rings is 1. The van der Waals surface area contributed by atoms with Crippen LogP contribution in [0.2, 0.25) is 0 Å². The quantitative estimate of drug-likeness (QED) is 0.905. The smallest absolute Gasteiger partial charge is 0.303 e. The zero-order valence-corrected chi connectivity index (χ0v) is 11.0. The van der Waals surface area contributed by atoms with Crippen LogP contribution in [0.1, 0.15) is 25.7 Å². The number of nitrogens with zero attached hydrogens (tertiary/aromatic N) is 1. The molecule has 1 heterocycles. The van der Waals surface area contributed by atoms with Gasteiger partial charge in [0.1, 0.15) is 5.75 Å². The second-order valence-electron chi connectivity index (χ2n) is 5.66. The molecule has 1 aliphatic carbocycles. The van der Waals surface area contributed by atoms with Gasteiger partial charge < -0.3 is 14.7 Å². The lowest BCUT2D eigenvalue weighted by molar-refractivity contribution is -0.138. The van der Waals surface area contributed by atoms with Crippen molar-refractivity contribution in [3.8, 4) is 5.75 Å². The molecule has 102 valence electrons. The molecule has 19 heavy (non-hydrogen) atoms. The number of hydrogen-bond acceptors (Lipinski definition) is 3. The molecule has 1 fully saturated rings. The van der Waals surface area contributed by atoms with E-state index in [0.29, 0.717) is 0 Å². The molecule has 0 saturated heterocycles. The van der Waals surface area contributed by atoms with E-state index in [1.807, 2.05) is 18.2 Å². The monoisotopic (exact) mass is 261 g/mol. The first-order valence-corrected chi connectivity index (χ1v) is 6.87. The van der Waals surface area contributed by atoms with Gasteiger partial charge in [0.25, 0.3) is 0 Å². The standard InChI is InChI=1S/C15H19NO3/c17-14(18)10-15(6-7-15)11-16-8-3-9-19-13-5-2-1-4-12(13)16/h1-2,4-5H,3,6-11H2,(H,17,18). The lowest BCUT2D eigenvalue weighted by Crippen LogP contribution is -2.32. The van der Waals surface area contributed by atoms with Crippen molar-refractivity contribution in [2.75, 3.05) is 24.6 Å². The molecule has 0 bridgehead atoms. The minimum Gasteiger partial charge on any atom is -0.491 e. The number of fused-ring (bicyclic) bond motifs is 1. The Morgan fingerprint density at radius 2 is 2.16 bits per heavy atom. The summed E-state index contributed by atoms with van der Waals surface area (Å²) in [4.78, 5) is 13.3. The third-order valence-electron chi connectivity index (χ3n) is 4.05. The summed E-state index contributed by atoms with van der Waals surface area (Å²) in [5, 5.41) is 9.03. The predicted molar refractivity (Wildman–Crippen MR) is 72.7 cm³/mol. The van der Waals surface area contributed by atoms with Gasteiger partial charge in [-0.3, -0.25) is 4.79 Å². The summed E-state index contributed by atoms with van der Waals surface area (Å²) >= 11 is 0. The molecule has 1 aliphatic heterocycles. The van der Waals surface area contributed by atoms with Crippen LogP contribution in [-0.2, 0) is 4.79 Å². The van der Waals surface area contributed by atoms with E-state index in [2.05, 4.69) is 11.0 Å². The van der Waals surface area contributed by atoms with Crippen LogP contribution < -0.4 is 9.64 Å². The molecule has 4 heteroatoms. The molecular weight excluding hydrogens is 242 g/mol. The van der Waals surface area contributed by atoms with Crippen molar-refractivity contribution in [3.05, 3.63) is 24.3 Å². The summed E-state index contributed by atoms with van der Waals surface area (Å²) in [7, 11) is 0. The molecule has 0 spiro atoms. The van der Waals surface area contributed by atoms with E-state index in [9.17, 15) is 4.79 Å². The van der Waals surface area contributed by atoms with Gasteiger partial charge >= 0.3 is 5.97 Å². The fraction of sp³-hybridized carbons (Fsp3) is 0.533. The van der Waals surface area contributed by atoms with Gasteiger partial charge in [-0.15, -0.1) is 0 Å². The predicted octanol–water partition coefficient (Wildman–Crippen LogP) is 2.53. The first-order valence-electron chi connectivity index (χ1n) is 6.87. The van der Waals surface area contributed by atoms with E-state index in [-0.39, 0.29) is 11.8 Å². The highest BCUT2D eigenvalue weighted by Crippen LogP contribution is 2.50. The summed E-state index contributed by atoms with van der Waals surface area (Å²) < 4.78 is 5.74. The molecule has 3 rings (SSSR count). The summed E-state index contributed by atoms with van der Waals surface area (Å²) in [6, 6.07) is 8.05. The Bertz CT molecular complexity index is 482. The van der Waals surface area contributed by atoms with Crippen molar-refractivity contribution in [1.82, 2.24) is 0 Å². The molecule has 0 radical (unpaired) electrons. The van der Waals surface area contributed by atoms with Gasteiger partial charge in [-0.2, -0.15) is 0 Å². The Balaban J connectivity index is 1.79. The Labute approximate surface area is 113 Å². The minimum absolute atomic E-state index is 0.0106. The minimum atomic E-state index is -0.683. The Hall–Kier alpha value is -1.71. The third-order valence-corrected chi connectivity index (χ3v) is 4.05. The lowest BCUT2D eigenvalue weighted by Gasteiger charge is -2.28. The zero-order chi connectivity index (χ0) is 13.3. The summed E-state index contributed by atoms with van der Waals surface area (Å²) in [6.07, 6.45) is 3.32. The Morgan fingerprint density at radius 3 is 2.89 bits per heavy atom. The van der Waals surface area contributed by atoms with Gasteiger partial charge in [0.05, 0.1) is 18.7 Å². The molecule has 1 aromatic carbocycles. The number of rotatable bonds is 4. The molecule has 0 atom stereocenters. The molecule has 0 unspecified atom stereocenters. The van der Waals surface area contributed by atoms with E-state index in [4.69, 9.17) is 9.84 Å². The number of para-hydroxylation sites is 2. The number of hydrogen-bond donors (Lipinski definition) is 1. The number of anilines is 1. The normalized spacial score (nSPS) is 20.1. The fourth-order valence-corrected chi connectivity index (χ4v) is 2.86. The van der Waals surface area contributed by atoms with Gasteiger partial charge in [-0.1, -0.05) is 12.1 Å². The average Bonchev–Trinajstić information content (AvgIpc) is 3.14. The van der Waals surface area contributed by atoms with Crippen molar-refractivity contribution < 1.29 is 14.6 Å². The fourth-order valence-electron chi connectivity index (χ4n) is 2.86. The van der Waals surface area contributed by atoms with Crippen molar-refractivity contribution in [2.24, 2.45) is 5.41 Å². The van der Waals surface area contributed by atoms with E-state index in [0.717, 1.165) is 50.4 Å². The summed E-state index contributed by atoms with van der Waals surface area (Å²) in [5.41, 5.74) is 1.10. The highest BCUT2D eigenvalue weighted by Gasteiger charge is 2.46. The Kier molecular flexibility index (Phi) is 3.09. The van der Waals surface area contributed by atoms with Crippen LogP contribution in [-0.4, -0.2) is 30.8 Å². The first-order chi connectivity index (χ1) is 9.19. The second-order valence-corrected chi connectivity index (χ2v) is 5.66. The zero-order valence-electron chi connectivity index (χ0n) is 11.0. The van der Waals surface area contributed by atoms with E-state index in [1.54, 1.807) is 0 Å². The highest BCUT2D eigenvalue weighted by molar-refractivity contribution is 5.68. The first kappa shape index (κ1) is 12.3. The van der Waals surface area contributed by atoms with Gasteiger partial charge in [0, 0.05) is 13.1 Å². The largest absolute Gasteiger partial charge is 0.491 e. The van der Waals surface area contributed by atoms with Crippen LogP contribution in [0.15, 0.2) is 24.3 Å². The van der Waals surface area contributed by atoms with E-state index >= 15 is 0 Å². The molecular formula is C15H19NO3. The van der Waals surface area contributed by atoms with Crippen LogP contribution in [0.5, 0.6) is 5.75 Å². The maximum absolute atomic E-state index is 11.0. The molecule has 1 aromatic rings. The van der Waals surface area contributed by atoms with E-state index < -0.39 is 5.97 Å². The summed E-state index contributed by atoms with van der Waals surface area (Å²) in [6.45, 7) is 2.51. The Morgan fingerprint density at radius 1 is 1.37 bits per heavy atom. The van der Waals surface area contributed by atoms with Crippen LogP contribution in [0, 0.1) is 5.41 Å². The maximum atomic E-state index is 11.0. The topological polar surface area (TPSA) is 49.8 Å². The molecule has 0 aromatic heterocycles. The van der Waals surface area contributed by atoms with Crippen molar-refractivity contribution in [2.45, 2.75) is 25.7 Å².